The van der Waals surface area contributed by atoms with Crippen LogP contribution in [0.5, 0.6) is 5.75 Å². The first-order valence-electron chi connectivity index (χ1n) is 8.88. The molecule has 8 nitrogen and oxygen atoms in total. The van der Waals surface area contributed by atoms with E-state index >= 15 is 0 Å². The minimum atomic E-state index is -1.27. The second kappa shape index (κ2) is 8.99. The van der Waals surface area contributed by atoms with Crippen molar-refractivity contribution in [1.29, 1.82) is 0 Å². The van der Waals surface area contributed by atoms with E-state index in [4.69, 9.17) is 4.74 Å². The van der Waals surface area contributed by atoms with Crippen LogP contribution < -0.4 is 15.6 Å². The Morgan fingerprint density at radius 2 is 1.90 bits per heavy atom. The fraction of sp³-hybridized carbons (Fsp3) is 0.143. The van der Waals surface area contributed by atoms with Gasteiger partial charge in [-0.3, -0.25) is 9.59 Å². The molecule has 0 bridgehead atoms. The lowest BCUT2D eigenvalue weighted by molar-refractivity contribution is -0.142. The van der Waals surface area contributed by atoms with E-state index in [1.807, 2.05) is 0 Å². The minimum Gasteiger partial charge on any atom is -0.496 e. The molecular formula is C21H18FN3O5. The Morgan fingerprint density at radius 1 is 1.17 bits per heavy atom. The smallest absolute Gasteiger partial charge is 0.330 e. The Morgan fingerprint density at radius 3 is 2.57 bits per heavy atom. The van der Waals surface area contributed by atoms with Crippen molar-refractivity contribution in [3.8, 4) is 17.0 Å². The zero-order valence-corrected chi connectivity index (χ0v) is 15.9. The van der Waals surface area contributed by atoms with Crippen LogP contribution in [0.15, 0.2) is 65.5 Å². The fourth-order valence-electron chi connectivity index (χ4n) is 2.86. The van der Waals surface area contributed by atoms with Crippen LogP contribution in [-0.2, 0) is 16.1 Å². The van der Waals surface area contributed by atoms with Crippen LogP contribution in [-0.4, -0.2) is 33.9 Å². The van der Waals surface area contributed by atoms with E-state index in [1.165, 1.54) is 37.4 Å². The quantitative estimate of drug-likeness (QED) is 0.615. The highest BCUT2D eigenvalue weighted by molar-refractivity contribution is 5.84. The number of nitrogens with one attached hydrogen (secondary N) is 1. The molecule has 0 aliphatic heterocycles. The van der Waals surface area contributed by atoms with Crippen molar-refractivity contribution < 1.29 is 23.8 Å². The largest absolute Gasteiger partial charge is 0.496 e. The van der Waals surface area contributed by atoms with Crippen LogP contribution in [0.3, 0.4) is 0 Å². The third-order valence-electron chi connectivity index (χ3n) is 4.28. The summed E-state index contributed by atoms with van der Waals surface area (Å²) >= 11 is 0. The van der Waals surface area contributed by atoms with Gasteiger partial charge in [-0.1, -0.05) is 30.3 Å². The zero-order valence-electron chi connectivity index (χ0n) is 15.9. The number of hydrogen-bond donors (Lipinski definition) is 2. The Balaban J connectivity index is 1.85. The van der Waals surface area contributed by atoms with Crippen LogP contribution in [0, 0.1) is 5.82 Å². The number of carboxylic acids is 1. The normalized spacial score (nSPS) is 11.5. The van der Waals surface area contributed by atoms with Crippen molar-refractivity contribution in [2.75, 3.05) is 7.11 Å². The van der Waals surface area contributed by atoms with Crippen molar-refractivity contribution in [1.82, 2.24) is 15.1 Å². The minimum absolute atomic E-state index is 0.215. The molecule has 1 amide bonds. The number of carbonyl (C=O) groups is 2. The number of halogens is 1. The number of hydrogen-bond acceptors (Lipinski definition) is 5. The van der Waals surface area contributed by atoms with Crippen LogP contribution in [0.4, 0.5) is 4.39 Å². The number of ether oxygens (including phenoxy) is 1. The number of amides is 1. The Bertz CT molecular complexity index is 1130. The molecule has 0 radical (unpaired) electrons. The number of carbonyl (C=O) groups excluding carboxylic acids is 1. The van der Waals surface area contributed by atoms with Gasteiger partial charge in [0.05, 0.1) is 12.8 Å². The predicted molar refractivity (Wildman–Crippen MR) is 105 cm³/mol. The van der Waals surface area contributed by atoms with Crippen molar-refractivity contribution in [2.45, 2.75) is 12.6 Å². The summed E-state index contributed by atoms with van der Waals surface area (Å²) in [5.74, 6) is -2.22. The maximum Gasteiger partial charge on any atom is 0.330 e. The first kappa shape index (κ1) is 20.7. The van der Waals surface area contributed by atoms with E-state index in [0.717, 1.165) is 4.68 Å². The summed E-state index contributed by atoms with van der Waals surface area (Å²) in [5, 5.41) is 16.0. The highest BCUT2D eigenvalue weighted by atomic mass is 19.1. The number of carboxylic acid groups (broad SMARTS) is 1. The lowest BCUT2D eigenvalue weighted by atomic mass is 10.1. The maximum atomic E-state index is 13.4. The summed E-state index contributed by atoms with van der Waals surface area (Å²) in [6, 6.07) is 13.4. The van der Waals surface area contributed by atoms with E-state index < -0.39 is 35.8 Å². The highest BCUT2D eigenvalue weighted by Gasteiger charge is 2.22. The van der Waals surface area contributed by atoms with Gasteiger partial charge in [-0.05, 0) is 23.8 Å². The number of rotatable bonds is 7. The lowest BCUT2D eigenvalue weighted by Gasteiger charge is -2.15. The molecule has 154 valence electrons. The molecule has 9 heteroatoms. The van der Waals surface area contributed by atoms with Gasteiger partial charge in [0.25, 0.3) is 5.56 Å². The Kier molecular flexibility index (Phi) is 6.21. The third kappa shape index (κ3) is 4.69. The SMILES string of the molecule is COc1cc(F)ccc1-c1ccc(=O)n(CC(=O)NC(C(=O)O)c2ccccc2)n1. The van der Waals surface area contributed by atoms with E-state index in [0.29, 0.717) is 11.1 Å². The monoisotopic (exact) mass is 411 g/mol. The lowest BCUT2D eigenvalue weighted by Crippen LogP contribution is -2.38. The van der Waals surface area contributed by atoms with Crippen LogP contribution in [0.1, 0.15) is 11.6 Å². The molecule has 0 spiro atoms. The summed E-state index contributed by atoms with van der Waals surface area (Å²) in [6.45, 7) is -0.493. The average molecular weight is 411 g/mol. The number of aliphatic carboxylic acids is 1. The molecular weight excluding hydrogens is 393 g/mol. The molecule has 3 rings (SSSR count). The summed E-state index contributed by atoms with van der Waals surface area (Å²) < 4.78 is 19.5. The van der Waals surface area contributed by atoms with Gasteiger partial charge in [0.1, 0.15) is 18.1 Å². The second-order valence-corrected chi connectivity index (χ2v) is 6.31. The number of benzene rings is 2. The molecule has 0 aliphatic carbocycles. The summed E-state index contributed by atoms with van der Waals surface area (Å²) in [7, 11) is 1.37. The molecule has 3 aromatic rings. The predicted octanol–water partition coefficient (Wildman–Crippen LogP) is 2.00. The topological polar surface area (TPSA) is 111 Å². The molecule has 0 fully saturated rings. The van der Waals surface area contributed by atoms with Crippen LogP contribution >= 0.6 is 0 Å². The van der Waals surface area contributed by atoms with Gasteiger partial charge in [0, 0.05) is 17.7 Å². The van der Waals surface area contributed by atoms with E-state index in [9.17, 15) is 23.9 Å². The van der Waals surface area contributed by atoms with E-state index in [-0.39, 0.29) is 11.4 Å². The summed E-state index contributed by atoms with van der Waals surface area (Å²) in [5.41, 5.74) is 0.558. The molecule has 1 atom stereocenters. The summed E-state index contributed by atoms with van der Waals surface area (Å²) in [4.78, 5) is 36.1. The second-order valence-electron chi connectivity index (χ2n) is 6.31. The highest BCUT2D eigenvalue weighted by Crippen LogP contribution is 2.28. The Labute approximate surface area is 170 Å². The van der Waals surface area contributed by atoms with Gasteiger partial charge in [0.15, 0.2) is 6.04 Å². The van der Waals surface area contributed by atoms with Gasteiger partial charge < -0.3 is 15.2 Å². The van der Waals surface area contributed by atoms with Crippen LogP contribution in [0.2, 0.25) is 0 Å². The van der Waals surface area contributed by atoms with Gasteiger partial charge in [-0.2, -0.15) is 5.10 Å². The third-order valence-corrected chi connectivity index (χ3v) is 4.28. The standard InChI is InChI=1S/C21H18FN3O5/c1-30-17-11-14(22)7-8-15(17)16-9-10-19(27)25(24-16)12-18(26)23-20(21(28)29)13-5-3-2-4-6-13/h2-11,20H,12H2,1H3,(H,23,26)(H,28,29). The number of methoxy groups -OCH3 is 1. The van der Waals surface area contributed by atoms with Gasteiger partial charge >= 0.3 is 5.97 Å². The molecule has 30 heavy (non-hydrogen) atoms. The Hall–Kier alpha value is -4.01. The molecule has 0 saturated carbocycles. The van der Waals surface area contributed by atoms with Crippen molar-refractivity contribution in [3.05, 3.63) is 82.4 Å². The van der Waals surface area contributed by atoms with Crippen LogP contribution in [0.25, 0.3) is 11.3 Å². The molecule has 2 N–H and O–H groups in total. The van der Waals surface area contributed by atoms with Gasteiger partial charge in [-0.25, -0.2) is 13.9 Å². The molecule has 0 saturated heterocycles. The first-order valence-corrected chi connectivity index (χ1v) is 8.88. The van der Waals surface area contributed by atoms with Gasteiger partial charge in [-0.15, -0.1) is 0 Å². The fourth-order valence-corrected chi connectivity index (χ4v) is 2.86. The number of nitrogens with zero attached hydrogens (tertiary/aromatic N) is 2. The molecule has 1 heterocycles. The van der Waals surface area contributed by atoms with E-state index in [1.54, 1.807) is 30.3 Å². The molecule has 0 aliphatic rings. The zero-order chi connectivity index (χ0) is 21.7. The maximum absolute atomic E-state index is 13.4. The van der Waals surface area contributed by atoms with Gasteiger partial charge in [0.2, 0.25) is 5.91 Å². The van der Waals surface area contributed by atoms with Crippen molar-refractivity contribution >= 4 is 11.9 Å². The average Bonchev–Trinajstić information content (AvgIpc) is 2.74. The molecule has 1 aromatic heterocycles. The first-order chi connectivity index (χ1) is 14.4. The molecule has 1 unspecified atom stereocenters. The molecule has 2 aromatic carbocycles. The van der Waals surface area contributed by atoms with E-state index in [2.05, 4.69) is 10.4 Å². The van der Waals surface area contributed by atoms with Crippen molar-refractivity contribution in [3.63, 3.8) is 0 Å². The summed E-state index contributed by atoms with van der Waals surface area (Å²) in [6.07, 6.45) is 0. The van der Waals surface area contributed by atoms with Crippen molar-refractivity contribution in [2.24, 2.45) is 0 Å². The number of aromatic nitrogens is 2.